The van der Waals surface area contributed by atoms with E-state index in [4.69, 9.17) is 4.74 Å². The Bertz CT molecular complexity index is 569. The Morgan fingerprint density at radius 2 is 2.23 bits per heavy atom. The number of aromatic nitrogens is 1. The van der Waals surface area contributed by atoms with Gasteiger partial charge in [-0.3, -0.25) is 4.21 Å². The Kier molecular flexibility index (Phi) is 5.21. The van der Waals surface area contributed by atoms with Crippen molar-refractivity contribution < 1.29 is 13.7 Å². The molecule has 2 unspecified atom stereocenters. The van der Waals surface area contributed by atoms with Crippen LogP contribution in [0.15, 0.2) is 23.4 Å². The molecule has 6 heteroatoms. The van der Waals surface area contributed by atoms with E-state index in [-0.39, 0.29) is 12.0 Å². The topological polar surface area (TPSA) is 59.5 Å². The zero-order chi connectivity index (χ0) is 16.3. The lowest BCUT2D eigenvalue weighted by atomic mass is 10.2. The van der Waals surface area contributed by atoms with Crippen molar-refractivity contribution in [3.8, 4) is 0 Å². The first-order valence-corrected chi connectivity index (χ1v) is 8.85. The van der Waals surface area contributed by atoms with Gasteiger partial charge < -0.3 is 9.64 Å². The lowest BCUT2D eigenvalue weighted by molar-refractivity contribution is 0.0289. The number of rotatable bonds is 3. The summed E-state index contributed by atoms with van der Waals surface area (Å²) in [4.78, 5) is 17.9. The highest BCUT2D eigenvalue weighted by Gasteiger charge is 2.30. The molecule has 2 rings (SSSR count). The maximum absolute atomic E-state index is 12.4. The first-order valence-electron chi connectivity index (χ1n) is 7.53. The molecule has 1 aromatic heterocycles. The van der Waals surface area contributed by atoms with Crippen molar-refractivity contribution in [2.75, 3.05) is 18.8 Å². The standard InChI is InChI=1S/C16H24N2O3S/c1-12-5-7-17-14(9-12)22(20)11-13-6-8-18(10-13)15(19)21-16(2,3)4/h5,7,9,13H,6,8,10-11H2,1-4H3. The van der Waals surface area contributed by atoms with Crippen LogP contribution in [0.2, 0.25) is 0 Å². The van der Waals surface area contributed by atoms with Crippen molar-refractivity contribution in [2.45, 2.75) is 44.7 Å². The third kappa shape index (κ3) is 4.80. The van der Waals surface area contributed by atoms with E-state index in [9.17, 15) is 9.00 Å². The van der Waals surface area contributed by atoms with Crippen molar-refractivity contribution in [3.63, 3.8) is 0 Å². The Balaban J connectivity index is 1.88. The van der Waals surface area contributed by atoms with Gasteiger partial charge in [0.1, 0.15) is 10.6 Å². The van der Waals surface area contributed by atoms with E-state index in [0.29, 0.717) is 23.9 Å². The first-order chi connectivity index (χ1) is 10.2. The van der Waals surface area contributed by atoms with Gasteiger partial charge in [0.25, 0.3) is 0 Å². The second-order valence-electron chi connectivity index (χ2n) is 6.76. The second-order valence-corrected chi connectivity index (χ2v) is 8.21. The quantitative estimate of drug-likeness (QED) is 0.858. The van der Waals surface area contributed by atoms with Crippen molar-refractivity contribution in [1.82, 2.24) is 9.88 Å². The molecule has 122 valence electrons. The zero-order valence-corrected chi connectivity index (χ0v) is 14.5. The van der Waals surface area contributed by atoms with Crippen LogP contribution in [0, 0.1) is 12.8 Å². The van der Waals surface area contributed by atoms with Crippen molar-refractivity contribution in [3.05, 3.63) is 23.9 Å². The molecular formula is C16H24N2O3S. The minimum Gasteiger partial charge on any atom is -0.444 e. The average molecular weight is 324 g/mol. The molecule has 0 aliphatic carbocycles. The average Bonchev–Trinajstić information content (AvgIpc) is 2.85. The van der Waals surface area contributed by atoms with E-state index in [1.807, 2.05) is 39.8 Å². The van der Waals surface area contributed by atoms with Gasteiger partial charge in [-0.2, -0.15) is 0 Å². The van der Waals surface area contributed by atoms with Gasteiger partial charge in [0, 0.05) is 25.0 Å². The van der Waals surface area contributed by atoms with Gasteiger partial charge in [-0.25, -0.2) is 9.78 Å². The maximum atomic E-state index is 12.4. The molecule has 22 heavy (non-hydrogen) atoms. The summed E-state index contributed by atoms with van der Waals surface area (Å²) in [7, 11) is -1.12. The highest BCUT2D eigenvalue weighted by atomic mass is 32.2. The van der Waals surface area contributed by atoms with Gasteiger partial charge in [0.15, 0.2) is 0 Å². The van der Waals surface area contributed by atoms with Crippen molar-refractivity contribution in [2.24, 2.45) is 5.92 Å². The predicted octanol–water partition coefficient (Wildman–Crippen LogP) is 2.75. The summed E-state index contributed by atoms with van der Waals surface area (Å²) >= 11 is 0. The molecule has 2 atom stereocenters. The summed E-state index contributed by atoms with van der Waals surface area (Å²) < 4.78 is 17.7. The second kappa shape index (κ2) is 6.77. The SMILES string of the molecule is Cc1ccnc(S(=O)CC2CCN(C(=O)OC(C)(C)C)C2)c1. The highest BCUT2D eigenvalue weighted by molar-refractivity contribution is 7.84. The van der Waals surface area contributed by atoms with Gasteiger partial charge in [-0.05, 0) is 57.7 Å². The molecule has 1 aromatic rings. The minimum absolute atomic E-state index is 0.232. The van der Waals surface area contributed by atoms with Crippen LogP contribution in [0.25, 0.3) is 0 Å². The number of likely N-dealkylation sites (tertiary alicyclic amines) is 1. The molecule has 0 radical (unpaired) electrons. The Morgan fingerprint density at radius 3 is 2.86 bits per heavy atom. The lowest BCUT2D eigenvalue weighted by Gasteiger charge is -2.24. The molecular weight excluding hydrogens is 300 g/mol. The van der Waals surface area contributed by atoms with E-state index in [0.717, 1.165) is 12.0 Å². The molecule has 1 aliphatic heterocycles. The van der Waals surface area contributed by atoms with Gasteiger partial charge in [0.05, 0.1) is 10.8 Å². The molecule has 0 saturated carbocycles. The summed E-state index contributed by atoms with van der Waals surface area (Å²) in [5.41, 5.74) is 0.573. The summed E-state index contributed by atoms with van der Waals surface area (Å²) in [5, 5.41) is 0.621. The maximum Gasteiger partial charge on any atom is 0.410 e. The third-order valence-corrected chi connectivity index (χ3v) is 4.91. The largest absolute Gasteiger partial charge is 0.444 e. The van der Waals surface area contributed by atoms with Gasteiger partial charge in [0.2, 0.25) is 0 Å². The molecule has 5 nitrogen and oxygen atoms in total. The van der Waals surface area contributed by atoms with E-state index < -0.39 is 16.4 Å². The number of hydrogen-bond donors (Lipinski definition) is 0. The molecule has 1 amide bonds. The number of ether oxygens (including phenoxy) is 1. The fraction of sp³-hybridized carbons (Fsp3) is 0.625. The normalized spacial score (nSPS) is 20.0. The Hall–Kier alpha value is -1.43. The van der Waals surface area contributed by atoms with Crippen LogP contribution >= 0.6 is 0 Å². The number of carbonyl (C=O) groups excluding carboxylic acids is 1. The van der Waals surface area contributed by atoms with Crippen LogP contribution in [0.4, 0.5) is 4.79 Å². The Labute approximate surface area is 134 Å². The van der Waals surface area contributed by atoms with E-state index in [1.54, 1.807) is 11.1 Å². The number of amides is 1. The number of pyridine rings is 1. The molecule has 1 saturated heterocycles. The van der Waals surface area contributed by atoms with Gasteiger partial charge in [-0.15, -0.1) is 0 Å². The summed E-state index contributed by atoms with van der Waals surface area (Å²) in [6.45, 7) is 8.80. The third-order valence-electron chi connectivity index (χ3n) is 3.45. The fourth-order valence-corrected chi connectivity index (χ4v) is 3.76. The molecule has 0 spiro atoms. The zero-order valence-electron chi connectivity index (χ0n) is 13.7. The Morgan fingerprint density at radius 1 is 1.50 bits per heavy atom. The van der Waals surface area contributed by atoms with Crippen molar-refractivity contribution in [1.29, 1.82) is 0 Å². The van der Waals surface area contributed by atoms with Crippen molar-refractivity contribution >= 4 is 16.9 Å². The molecule has 2 heterocycles. The van der Waals surface area contributed by atoms with Gasteiger partial charge in [-0.1, -0.05) is 0 Å². The van der Waals surface area contributed by atoms with E-state index in [1.165, 1.54) is 0 Å². The fourth-order valence-electron chi connectivity index (χ4n) is 2.39. The number of hydrogen-bond acceptors (Lipinski definition) is 4. The van der Waals surface area contributed by atoms with Gasteiger partial charge >= 0.3 is 6.09 Å². The number of carbonyl (C=O) groups is 1. The van der Waals surface area contributed by atoms with E-state index >= 15 is 0 Å². The highest BCUT2D eigenvalue weighted by Crippen LogP contribution is 2.21. The van der Waals surface area contributed by atoms with Crippen LogP contribution in [0.3, 0.4) is 0 Å². The predicted molar refractivity (Wildman–Crippen MR) is 86.2 cm³/mol. The van der Waals surface area contributed by atoms with Crippen LogP contribution in [-0.2, 0) is 15.5 Å². The lowest BCUT2D eigenvalue weighted by Crippen LogP contribution is -2.35. The molecule has 0 bridgehead atoms. The summed E-state index contributed by atoms with van der Waals surface area (Å²) in [6.07, 6.45) is 2.26. The monoisotopic (exact) mass is 324 g/mol. The van der Waals surface area contributed by atoms with E-state index in [2.05, 4.69) is 4.98 Å². The first kappa shape index (κ1) is 16.9. The number of nitrogens with zero attached hydrogens (tertiary/aromatic N) is 2. The number of aryl methyl sites for hydroxylation is 1. The summed E-state index contributed by atoms with van der Waals surface area (Å²) in [5.74, 6) is 0.770. The molecule has 0 aromatic carbocycles. The molecule has 0 N–H and O–H groups in total. The van der Waals surface area contributed by atoms with Crippen LogP contribution in [0.1, 0.15) is 32.8 Å². The molecule has 1 aliphatic rings. The molecule has 1 fully saturated rings. The van der Waals surface area contributed by atoms with Crippen LogP contribution < -0.4 is 0 Å². The summed E-state index contributed by atoms with van der Waals surface area (Å²) in [6, 6.07) is 3.75. The van der Waals surface area contributed by atoms with Crippen LogP contribution in [0.5, 0.6) is 0 Å². The minimum atomic E-state index is -1.12. The van der Waals surface area contributed by atoms with Crippen LogP contribution in [-0.4, -0.2) is 44.6 Å². The smallest absolute Gasteiger partial charge is 0.410 e.